The fourth-order valence-electron chi connectivity index (χ4n) is 1.82. The molecule has 20 heavy (non-hydrogen) atoms. The molecule has 0 fully saturated rings. The van der Waals surface area contributed by atoms with Crippen LogP contribution in [0.1, 0.15) is 18.4 Å². The summed E-state index contributed by atoms with van der Waals surface area (Å²) in [6, 6.07) is 11.1. The van der Waals surface area contributed by atoms with Crippen molar-refractivity contribution in [3.05, 3.63) is 59.7 Å². The molecule has 0 aliphatic rings. The van der Waals surface area contributed by atoms with Crippen LogP contribution >= 0.6 is 0 Å². The van der Waals surface area contributed by atoms with E-state index in [1.807, 2.05) is 6.07 Å². The van der Waals surface area contributed by atoms with Crippen molar-refractivity contribution < 1.29 is 13.6 Å². The van der Waals surface area contributed by atoms with Gasteiger partial charge in [-0.3, -0.25) is 4.79 Å². The second kappa shape index (κ2) is 5.69. The molecule has 1 atom stereocenters. The van der Waals surface area contributed by atoms with E-state index in [2.05, 4.69) is 5.32 Å². The Morgan fingerprint density at radius 1 is 1.15 bits per heavy atom. The Kier molecular flexibility index (Phi) is 3.98. The van der Waals surface area contributed by atoms with Crippen LogP contribution in [0.2, 0.25) is 0 Å². The fourth-order valence-corrected chi connectivity index (χ4v) is 1.82. The molecular formula is C15H14F2N2O. The molecule has 0 bridgehead atoms. The second-order valence-electron chi connectivity index (χ2n) is 4.45. The second-order valence-corrected chi connectivity index (χ2v) is 4.45. The van der Waals surface area contributed by atoms with Gasteiger partial charge in [-0.1, -0.05) is 30.3 Å². The molecular weight excluding hydrogens is 262 g/mol. The van der Waals surface area contributed by atoms with Gasteiger partial charge in [-0.05, 0) is 24.6 Å². The highest BCUT2D eigenvalue weighted by Crippen LogP contribution is 2.26. The highest BCUT2D eigenvalue weighted by Gasteiger charge is 2.19. The quantitative estimate of drug-likeness (QED) is 0.845. The minimum atomic E-state index is -1.15. The molecule has 104 valence electrons. The lowest BCUT2D eigenvalue weighted by Crippen LogP contribution is -2.20. The topological polar surface area (TPSA) is 55.1 Å². The van der Waals surface area contributed by atoms with E-state index in [1.165, 1.54) is 6.07 Å². The highest BCUT2D eigenvalue weighted by molar-refractivity contribution is 5.98. The third-order valence-corrected chi connectivity index (χ3v) is 3.07. The van der Waals surface area contributed by atoms with Gasteiger partial charge in [0.05, 0.1) is 11.6 Å². The van der Waals surface area contributed by atoms with Crippen LogP contribution in [0.25, 0.3) is 0 Å². The number of nitrogen functional groups attached to an aromatic ring is 1. The summed E-state index contributed by atoms with van der Waals surface area (Å²) >= 11 is 0. The standard InChI is InChI=1S/C15H14F2N2O/c1-9(10-5-3-2-4-6-10)15(20)19-14-12(18)8-7-11(16)13(14)17/h2-9H,18H2,1H3,(H,19,20). The summed E-state index contributed by atoms with van der Waals surface area (Å²) in [6.07, 6.45) is 0. The zero-order chi connectivity index (χ0) is 14.7. The van der Waals surface area contributed by atoms with Crippen molar-refractivity contribution in [2.24, 2.45) is 0 Å². The molecule has 0 saturated heterocycles. The minimum absolute atomic E-state index is 0.0162. The van der Waals surface area contributed by atoms with E-state index < -0.39 is 23.5 Å². The van der Waals surface area contributed by atoms with E-state index in [0.717, 1.165) is 11.6 Å². The maximum absolute atomic E-state index is 13.6. The SMILES string of the molecule is CC(C(=O)Nc1c(N)ccc(F)c1F)c1ccccc1. The molecule has 2 aromatic rings. The van der Waals surface area contributed by atoms with Crippen molar-refractivity contribution in [2.45, 2.75) is 12.8 Å². The van der Waals surface area contributed by atoms with Crippen molar-refractivity contribution in [3.8, 4) is 0 Å². The van der Waals surface area contributed by atoms with E-state index in [0.29, 0.717) is 0 Å². The van der Waals surface area contributed by atoms with Crippen LogP contribution in [-0.4, -0.2) is 5.91 Å². The van der Waals surface area contributed by atoms with Gasteiger partial charge in [0.15, 0.2) is 11.6 Å². The first-order valence-electron chi connectivity index (χ1n) is 6.10. The fraction of sp³-hybridized carbons (Fsp3) is 0.133. The molecule has 1 unspecified atom stereocenters. The molecule has 0 aliphatic heterocycles. The van der Waals surface area contributed by atoms with Gasteiger partial charge in [0.1, 0.15) is 5.69 Å². The lowest BCUT2D eigenvalue weighted by molar-refractivity contribution is -0.117. The van der Waals surface area contributed by atoms with Gasteiger partial charge in [-0.15, -0.1) is 0 Å². The summed E-state index contributed by atoms with van der Waals surface area (Å²) in [6.45, 7) is 1.68. The van der Waals surface area contributed by atoms with Gasteiger partial charge in [0.2, 0.25) is 5.91 Å². The minimum Gasteiger partial charge on any atom is -0.397 e. The summed E-state index contributed by atoms with van der Waals surface area (Å²) in [5, 5.41) is 2.34. The first kappa shape index (κ1) is 14.0. The molecule has 2 aromatic carbocycles. The van der Waals surface area contributed by atoms with Crippen LogP contribution in [0, 0.1) is 11.6 Å². The molecule has 3 N–H and O–H groups in total. The van der Waals surface area contributed by atoms with E-state index in [-0.39, 0.29) is 11.4 Å². The number of amides is 1. The van der Waals surface area contributed by atoms with Crippen LogP contribution in [0.5, 0.6) is 0 Å². The zero-order valence-electron chi connectivity index (χ0n) is 10.9. The Hall–Kier alpha value is -2.43. The number of benzene rings is 2. The van der Waals surface area contributed by atoms with Gasteiger partial charge < -0.3 is 11.1 Å². The van der Waals surface area contributed by atoms with Crippen molar-refractivity contribution in [1.82, 2.24) is 0 Å². The monoisotopic (exact) mass is 276 g/mol. The van der Waals surface area contributed by atoms with Gasteiger partial charge in [0.25, 0.3) is 0 Å². The first-order chi connectivity index (χ1) is 9.50. The molecule has 0 heterocycles. The molecule has 1 amide bonds. The number of anilines is 2. The smallest absolute Gasteiger partial charge is 0.231 e. The predicted molar refractivity (Wildman–Crippen MR) is 74.3 cm³/mol. The molecule has 2 rings (SSSR count). The van der Waals surface area contributed by atoms with E-state index in [9.17, 15) is 13.6 Å². The van der Waals surface area contributed by atoms with Crippen LogP contribution in [0.15, 0.2) is 42.5 Å². The molecule has 0 spiro atoms. The Morgan fingerprint density at radius 3 is 2.45 bits per heavy atom. The number of rotatable bonds is 3. The zero-order valence-corrected chi connectivity index (χ0v) is 10.9. The average molecular weight is 276 g/mol. The van der Waals surface area contributed by atoms with Crippen molar-refractivity contribution in [2.75, 3.05) is 11.1 Å². The molecule has 5 heteroatoms. The third-order valence-electron chi connectivity index (χ3n) is 3.07. The predicted octanol–water partition coefficient (Wildman–Crippen LogP) is 3.29. The summed E-state index contributed by atoms with van der Waals surface area (Å²) in [5.74, 6) is -3.16. The average Bonchev–Trinajstić information content (AvgIpc) is 2.47. The number of nitrogens with one attached hydrogen (secondary N) is 1. The Balaban J connectivity index is 2.23. The number of hydrogen-bond donors (Lipinski definition) is 2. The van der Waals surface area contributed by atoms with Gasteiger partial charge in [0, 0.05) is 0 Å². The normalized spacial score (nSPS) is 11.9. The van der Waals surface area contributed by atoms with Crippen LogP contribution in [0.4, 0.5) is 20.2 Å². The van der Waals surface area contributed by atoms with Gasteiger partial charge >= 0.3 is 0 Å². The summed E-state index contributed by atoms with van der Waals surface area (Å²) in [5.41, 5.74) is 6.00. The summed E-state index contributed by atoms with van der Waals surface area (Å²) in [4.78, 5) is 12.1. The number of nitrogens with two attached hydrogens (primary N) is 1. The van der Waals surface area contributed by atoms with Crippen molar-refractivity contribution in [1.29, 1.82) is 0 Å². The van der Waals surface area contributed by atoms with Crippen LogP contribution in [0.3, 0.4) is 0 Å². The van der Waals surface area contributed by atoms with Gasteiger partial charge in [-0.25, -0.2) is 8.78 Å². The maximum Gasteiger partial charge on any atom is 0.231 e. The van der Waals surface area contributed by atoms with Crippen molar-refractivity contribution in [3.63, 3.8) is 0 Å². The lowest BCUT2D eigenvalue weighted by Gasteiger charge is -2.14. The Labute approximate surface area is 115 Å². The molecule has 0 saturated carbocycles. The van der Waals surface area contributed by atoms with Crippen molar-refractivity contribution >= 4 is 17.3 Å². The Morgan fingerprint density at radius 2 is 1.80 bits per heavy atom. The van der Waals surface area contributed by atoms with Gasteiger partial charge in [-0.2, -0.15) is 0 Å². The third kappa shape index (κ3) is 2.77. The van der Waals surface area contributed by atoms with E-state index in [1.54, 1.807) is 31.2 Å². The molecule has 0 aliphatic carbocycles. The molecule has 0 radical (unpaired) electrons. The molecule has 0 aromatic heterocycles. The maximum atomic E-state index is 13.6. The lowest BCUT2D eigenvalue weighted by atomic mass is 10.0. The van der Waals surface area contributed by atoms with E-state index in [4.69, 9.17) is 5.73 Å². The molecule has 3 nitrogen and oxygen atoms in total. The van der Waals surface area contributed by atoms with Crippen LogP contribution < -0.4 is 11.1 Å². The number of halogens is 2. The number of carbonyl (C=O) groups is 1. The first-order valence-corrected chi connectivity index (χ1v) is 6.10. The highest BCUT2D eigenvalue weighted by atomic mass is 19.2. The summed E-state index contributed by atoms with van der Waals surface area (Å²) in [7, 11) is 0. The van der Waals surface area contributed by atoms with E-state index >= 15 is 0 Å². The number of carbonyl (C=O) groups excluding carboxylic acids is 1. The summed E-state index contributed by atoms with van der Waals surface area (Å²) < 4.78 is 26.8. The largest absolute Gasteiger partial charge is 0.397 e. The van der Waals surface area contributed by atoms with Crippen LogP contribution in [-0.2, 0) is 4.79 Å². The Bertz CT molecular complexity index is 629. The number of hydrogen-bond acceptors (Lipinski definition) is 2.